The van der Waals surface area contributed by atoms with Crippen LogP contribution in [0.25, 0.3) is 0 Å². The van der Waals surface area contributed by atoms with Crippen LogP contribution in [0.3, 0.4) is 0 Å². The van der Waals surface area contributed by atoms with Gasteiger partial charge in [0, 0.05) is 24.7 Å². The van der Waals surface area contributed by atoms with E-state index < -0.39 is 9.84 Å². The van der Waals surface area contributed by atoms with Gasteiger partial charge in [-0.3, -0.25) is 0 Å². The van der Waals surface area contributed by atoms with Crippen LogP contribution in [0.5, 0.6) is 0 Å². The molecule has 0 amide bonds. The monoisotopic (exact) mass is 203 g/mol. The predicted octanol–water partition coefficient (Wildman–Crippen LogP) is 0.0250. The standard InChI is InChI=1S/C8H13NO3S/c1-13(11,12)6-5-9-4-2-3-8(9)7-10/h2-4,10H,5-7H2,1H3. The van der Waals surface area contributed by atoms with Crippen LogP contribution in [0.2, 0.25) is 0 Å². The van der Waals surface area contributed by atoms with Gasteiger partial charge >= 0.3 is 0 Å². The van der Waals surface area contributed by atoms with E-state index in [4.69, 9.17) is 5.11 Å². The van der Waals surface area contributed by atoms with Gasteiger partial charge in [-0.15, -0.1) is 0 Å². The maximum Gasteiger partial charge on any atom is 0.149 e. The summed E-state index contributed by atoms with van der Waals surface area (Å²) in [5, 5.41) is 8.87. The molecule has 0 atom stereocenters. The third-order valence-corrected chi connectivity index (χ3v) is 2.71. The maximum atomic E-state index is 10.9. The summed E-state index contributed by atoms with van der Waals surface area (Å²) in [5.41, 5.74) is 0.739. The SMILES string of the molecule is CS(=O)(=O)CCn1cccc1CO. The van der Waals surface area contributed by atoms with Crippen LogP contribution in [0.1, 0.15) is 5.69 Å². The molecular weight excluding hydrogens is 190 g/mol. The van der Waals surface area contributed by atoms with Crippen LogP contribution < -0.4 is 0 Å². The summed E-state index contributed by atoms with van der Waals surface area (Å²) in [7, 11) is -2.93. The zero-order valence-electron chi connectivity index (χ0n) is 7.47. The van der Waals surface area contributed by atoms with Crippen molar-refractivity contribution >= 4 is 9.84 Å². The number of aliphatic hydroxyl groups is 1. The Morgan fingerprint density at radius 2 is 2.23 bits per heavy atom. The smallest absolute Gasteiger partial charge is 0.149 e. The topological polar surface area (TPSA) is 59.3 Å². The number of rotatable bonds is 4. The van der Waals surface area contributed by atoms with Gasteiger partial charge < -0.3 is 9.67 Å². The molecule has 13 heavy (non-hydrogen) atoms. The van der Waals surface area contributed by atoms with Crippen molar-refractivity contribution in [1.82, 2.24) is 4.57 Å². The zero-order valence-corrected chi connectivity index (χ0v) is 8.29. The Morgan fingerprint density at radius 1 is 1.54 bits per heavy atom. The number of nitrogens with zero attached hydrogens (tertiary/aromatic N) is 1. The third-order valence-electron chi connectivity index (χ3n) is 1.79. The molecule has 0 aliphatic rings. The number of aryl methyl sites for hydroxylation is 1. The van der Waals surface area contributed by atoms with Crippen molar-refractivity contribution in [3.05, 3.63) is 24.0 Å². The van der Waals surface area contributed by atoms with E-state index >= 15 is 0 Å². The predicted molar refractivity (Wildman–Crippen MR) is 50.1 cm³/mol. The van der Waals surface area contributed by atoms with E-state index in [1.165, 1.54) is 6.26 Å². The zero-order chi connectivity index (χ0) is 9.90. The second-order valence-corrected chi connectivity index (χ2v) is 5.24. The molecule has 1 aromatic rings. The Balaban J connectivity index is 2.64. The summed E-state index contributed by atoms with van der Waals surface area (Å²) in [6.45, 7) is 0.346. The van der Waals surface area contributed by atoms with E-state index in [2.05, 4.69) is 0 Å². The molecule has 0 unspecified atom stereocenters. The van der Waals surface area contributed by atoms with Gasteiger partial charge in [0.2, 0.25) is 0 Å². The van der Waals surface area contributed by atoms with Gasteiger partial charge in [-0.25, -0.2) is 8.42 Å². The Bertz CT molecular complexity index is 366. The Hall–Kier alpha value is -0.810. The van der Waals surface area contributed by atoms with Gasteiger partial charge in [0.15, 0.2) is 0 Å². The normalized spacial score (nSPS) is 11.8. The molecule has 0 bridgehead atoms. The van der Waals surface area contributed by atoms with Crippen molar-refractivity contribution in [2.45, 2.75) is 13.2 Å². The van der Waals surface area contributed by atoms with Crippen molar-refractivity contribution in [3.8, 4) is 0 Å². The van der Waals surface area contributed by atoms with Crippen LogP contribution in [0.15, 0.2) is 18.3 Å². The summed E-state index contributed by atoms with van der Waals surface area (Å²) in [6, 6.07) is 3.55. The van der Waals surface area contributed by atoms with Crippen molar-refractivity contribution in [1.29, 1.82) is 0 Å². The lowest BCUT2D eigenvalue weighted by molar-refractivity contribution is 0.271. The lowest BCUT2D eigenvalue weighted by Gasteiger charge is -2.05. The van der Waals surface area contributed by atoms with Gasteiger partial charge in [0.1, 0.15) is 9.84 Å². The highest BCUT2D eigenvalue weighted by Crippen LogP contribution is 2.02. The number of aromatic nitrogens is 1. The van der Waals surface area contributed by atoms with E-state index in [0.29, 0.717) is 6.54 Å². The molecule has 74 valence electrons. The van der Waals surface area contributed by atoms with Crippen LogP contribution in [-0.2, 0) is 23.0 Å². The van der Waals surface area contributed by atoms with Crippen LogP contribution in [0.4, 0.5) is 0 Å². The number of hydrogen-bond acceptors (Lipinski definition) is 3. The molecular formula is C8H13NO3S. The van der Waals surface area contributed by atoms with Crippen molar-refractivity contribution in [2.75, 3.05) is 12.0 Å². The van der Waals surface area contributed by atoms with Gasteiger partial charge in [0.25, 0.3) is 0 Å². The molecule has 0 aromatic carbocycles. The Labute approximate surface area is 77.7 Å². The van der Waals surface area contributed by atoms with Gasteiger partial charge in [0.05, 0.1) is 12.4 Å². The highest BCUT2D eigenvalue weighted by atomic mass is 32.2. The molecule has 4 nitrogen and oxygen atoms in total. The van der Waals surface area contributed by atoms with Crippen molar-refractivity contribution in [3.63, 3.8) is 0 Å². The first-order valence-corrected chi connectivity index (χ1v) is 6.01. The van der Waals surface area contributed by atoms with E-state index in [0.717, 1.165) is 5.69 Å². The largest absolute Gasteiger partial charge is 0.390 e. The third kappa shape index (κ3) is 3.20. The van der Waals surface area contributed by atoms with Gasteiger partial charge in [-0.1, -0.05) is 0 Å². The summed E-state index contributed by atoms with van der Waals surface area (Å²) < 4.78 is 23.4. The minimum Gasteiger partial charge on any atom is -0.390 e. The molecule has 0 fully saturated rings. The molecule has 1 heterocycles. The first-order chi connectivity index (χ1) is 6.03. The van der Waals surface area contributed by atoms with Crippen molar-refractivity contribution < 1.29 is 13.5 Å². The average Bonchev–Trinajstić information content (AvgIpc) is 2.46. The van der Waals surface area contributed by atoms with Crippen molar-refractivity contribution in [2.24, 2.45) is 0 Å². The fraction of sp³-hybridized carbons (Fsp3) is 0.500. The molecule has 0 saturated heterocycles. The molecule has 0 aliphatic carbocycles. The van der Waals surface area contributed by atoms with E-state index in [1.807, 2.05) is 0 Å². The highest BCUT2D eigenvalue weighted by Gasteiger charge is 2.04. The number of hydrogen-bond donors (Lipinski definition) is 1. The molecule has 5 heteroatoms. The van der Waals surface area contributed by atoms with Crippen LogP contribution in [-0.4, -0.2) is 30.1 Å². The first-order valence-electron chi connectivity index (χ1n) is 3.95. The second kappa shape index (κ2) is 3.93. The lowest BCUT2D eigenvalue weighted by atomic mass is 10.4. The summed E-state index contributed by atoms with van der Waals surface area (Å²) in [5.74, 6) is 0.106. The Kier molecular flexibility index (Phi) is 3.11. The van der Waals surface area contributed by atoms with Gasteiger partial charge in [-0.05, 0) is 12.1 Å². The molecule has 0 spiro atoms. The van der Waals surface area contributed by atoms with E-state index in [9.17, 15) is 8.42 Å². The van der Waals surface area contributed by atoms with Crippen LogP contribution >= 0.6 is 0 Å². The fourth-order valence-corrected chi connectivity index (χ4v) is 1.60. The lowest BCUT2D eigenvalue weighted by Crippen LogP contribution is -2.12. The number of aliphatic hydroxyl groups excluding tert-OH is 1. The molecule has 1 rings (SSSR count). The average molecular weight is 203 g/mol. The van der Waals surface area contributed by atoms with E-state index in [-0.39, 0.29) is 12.4 Å². The maximum absolute atomic E-state index is 10.9. The molecule has 1 aromatic heterocycles. The minimum absolute atomic E-state index is 0.0588. The van der Waals surface area contributed by atoms with E-state index in [1.54, 1.807) is 22.9 Å². The van der Waals surface area contributed by atoms with Crippen LogP contribution in [0, 0.1) is 0 Å². The number of sulfone groups is 1. The molecule has 0 aliphatic heterocycles. The molecule has 0 radical (unpaired) electrons. The summed E-state index contributed by atoms with van der Waals surface area (Å²) in [6.07, 6.45) is 2.96. The minimum atomic E-state index is -2.93. The quantitative estimate of drug-likeness (QED) is 0.750. The fourth-order valence-electron chi connectivity index (χ4n) is 1.08. The molecule has 1 N–H and O–H groups in total. The summed E-state index contributed by atoms with van der Waals surface area (Å²) in [4.78, 5) is 0. The summed E-state index contributed by atoms with van der Waals surface area (Å²) >= 11 is 0. The highest BCUT2D eigenvalue weighted by molar-refractivity contribution is 7.90. The van der Waals surface area contributed by atoms with Gasteiger partial charge in [-0.2, -0.15) is 0 Å². The first kappa shape index (κ1) is 10.3. The Morgan fingerprint density at radius 3 is 2.77 bits per heavy atom. The second-order valence-electron chi connectivity index (χ2n) is 2.98. The molecule has 0 saturated carbocycles.